The Morgan fingerprint density at radius 1 is 1.40 bits per heavy atom. The monoisotopic (exact) mass is 288 g/mol. The van der Waals surface area contributed by atoms with Gasteiger partial charge in [0.2, 0.25) is 0 Å². The highest BCUT2D eigenvalue weighted by molar-refractivity contribution is 7.71. The van der Waals surface area contributed by atoms with Crippen LogP contribution in [0.2, 0.25) is 0 Å². The van der Waals surface area contributed by atoms with E-state index < -0.39 is 0 Å². The Labute approximate surface area is 121 Å². The van der Waals surface area contributed by atoms with E-state index in [2.05, 4.69) is 14.6 Å². The summed E-state index contributed by atoms with van der Waals surface area (Å²) < 4.78 is 9.92. The molecule has 0 spiro atoms. The van der Waals surface area contributed by atoms with Gasteiger partial charge in [-0.3, -0.25) is 4.68 Å². The van der Waals surface area contributed by atoms with E-state index >= 15 is 0 Å². The fraction of sp³-hybridized carbons (Fsp3) is 0.286. The lowest BCUT2D eigenvalue weighted by molar-refractivity contribution is 0.415. The Morgan fingerprint density at radius 2 is 2.25 bits per heavy atom. The van der Waals surface area contributed by atoms with Gasteiger partial charge in [0, 0.05) is 25.9 Å². The van der Waals surface area contributed by atoms with Crippen LogP contribution < -0.4 is 4.74 Å². The van der Waals surface area contributed by atoms with Gasteiger partial charge >= 0.3 is 0 Å². The highest BCUT2D eigenvalue weighted by atomic mass is 32.1. The molecule has 0 bridgehead atoms. The lowest BCUT2D eigenvalue weighted by Gasteiger charge is -2.04. The Bertz CT molecular complexity index is 799. The second kappa shape index (κ2) is 5.13. The van der Waals surface area contributed by atoms with Crippen LogP contribution in [0.1, 0.15) is 5.56 Å². The lowest BCUT2D eigenvalue weighted by atomic mass is 10.2. The van der Waals surface area contributed by atoms with Gasteiger partial charge in [-0.15, -0.1) is 0 Å². The second-order valence-electron chi connectivity index (χ2n) is 4.74. The molecular formula is C14H16N4OS. The van der Waals surface area contributed by atoms with Crippen LogP contribution in [-0.4, -0.2) is 26.4 Å². The number of imidazole rings is 1. The molecule has 0 unspecified atom stereocenters. The molecule has 0 saturated heterocycles. The van der Waals surface area contributed by atoms with Crippen molar-refractivity contribution in [3.63, 3.8) is 0 Å². The number of benzene rings is 1. The summed E-state index contributed by atoms with van der Waals surface area (Å²) in [4.78, 5) is 3.22. The van der Waals surface area contributed by atoms with Crippen LogP contribution in [0.5, 0.6) is 5.75 Å². The smallest absolute Gasteiger partial charge is 0.178 e. The van der Waals surface area contributed by atoms with E-state index in [0.29, 0.717) is 0 Å². The van der Waals surface area contributed by atoms with Crippen LogP contribution in [0.15, 0.2) is 30.6 Å². The van der Waals surface area contributed by atoms with Gasteiger partial charge in [0.15, 0.2) is 4.77 Å². The van der Waals surface area contributed by atoms with Crippen LogP contribution in [0, 0.1) is 4.77 Å². The zero-order valence-electron chi connectivity index (χ0n) is 11.5. The van der Waals surface area contributed by atoms with E-state index in [9.17, 15) is 0 Å². The van der Waals surface area contributed by atoms with Crippen molar-refractivity contribution >= 4 is 23.3 Å². The summed E-state index contributed by atoms with van der Waals surface area (Å²) in [5.74, 6) is 0.835. The maximum atomic E-state index is 5.40. The van der Waals surface area contributed by atoms with Crippen LogP contribution in [0.25, 0.3) is 11.0 Å². The van der Waals surface area contributed by atoms with Crippen molar-refractivity contribution in [3.8, 4) is 5.75 Å². The molecule has 0 atom stereocenters. The van der Waals surface area contributed by atoms with E-state index in [4.69, 9.17) is 17.0 Å². The predicted molar refractivity (Wildman–Crippen MR) is 80.6 cm³/mol. The lowest BCUT2D eigenvalue weighted by Crippen LogP contribution is -2.01. The maximum absolute atomic E-state index is 5.40. The van der Waals surface area contributed by atoms with Crippen molar-refractivity contribution in [1.82, 2.24) is 19.3 Å². The number of hydrogen-bond donors (Lipinski definition) is 1. The summed E-state index contributed by atoms with van der Waals surface area (Å²) in [5, 5.41) is 4.18. The minimum atomic E-state index is 0.733. The first-order chi connectivity index (χ1) is 9.67. The van der Waals surface area contributed by atoms with Crippen molar-refractivity contribution in [2.24, 2.45) is 7.05 Å². The second-order valence-corrected chi connectivity index (χ2v) is 5.12. The summed E-state index contributed by atoms with van der Waals surface area (Å²) >= 11 is 5.40. The number of H-pyrrole nitrogens is 1. The van der Waals surface area contributed by atoms with Crippen molar-refractivity contribution < 1.29 is 4.74 Å². The topological polar surface area (TPSA) is 47.8 Å². The van der Waals surface area contributed by atoms with Gasteiger partial charge in [0.05, 0.1) is 24.3 Å². The molecule has 0 amide bonds. The van der Waals surface area contributed by atoms with E-state index in [1.54, 1.807) is 7.11 Å². The molecule has 0 aliphatic heterocycles. The quantitative estimate of drug-likeness (QED) is 0.751. The van der Waals surface area contributed by atoms with Gasteiger partial charge in [-0.1, -0.05) is 0 Å². The van der Waals surface area contributed by atoms with Crippen LogP contribution in [0.4, 0.5) is 0 Å². The third-order valence-electron chi connectivity index (χ3n) is 3.36. The molecule has 6 heteroatoms. The van der Waals surface area contributed by atoms with Crippen molar-refractivity contribution in [2.75, 3.05) is 7.11 Å². The van der Waals surface area contributed by atoms with Gasteiger partial charge < -0.3 is 14.3 Å². The molecule has 3 rings (SSSR count). The minimum Gasteiger partial charge on any atom is -0.497 e. The standard InChI is InChI=1S/C14H16N4OS/c1-17-9-10(8-15-17)5-6-18-13-7-11(19-2)3-4-12(13)16-14(18)20/h3-4,7-9H,5-6H2,1-2H3,(H,16,20). The molecule has 0 radical (unpaired) electrons. The van der Waals surface area contributed by atoms with Gasteiger partial charge in [0.25, 0.3) is 0 Å². The van der Waals surface area contributed by atoms with Gasteiger partial charge in [-0.05, 0) is 36.3 Å². The van der Waals surface area contributed by atoms with Gasteiger partial charge in [-0.25, -0.2) is 0 Å². The Balaban J connectivity index is 1.93. The predicted octanol–water partition coefficient (Wildman–Crippen LogP) is 2.68. The molecular weight excluding hydrogens is 272 g/mol. The van der Waals surface area contributed by atoms with E-state index in [0.717, 1.165) is 34.5 Å². The number of ether oxygens (including phenoxy) is 1. The van der Waals surface area contributed by atoms with Crippen LogP contribution >= 0.6 is 12.2 Å². The molecule has 0 aliphatic rings. The zero-order valence-corrected chi connectivity index (χ0v) is 12.3. The first-order valence-corrected chi connectivity index (χ1v) is 6.82. The Hall–Kier alpha value is -2.08. The SMILES string of the molecule is COc1ccc2[nH]c(=S)n(CCc3cnn(C)c3)c2c1. The number of fused-ring (bicyclic) bond motifs is 1. The largest absolute Gasteiger partial charge is 0.497 e. The summed E-state index contributed by atoms with van der Waals surface area (Å²) in [6.07, 6.45) is 4.81. The van der Waals surface area contributed by atoms with Gasteiger partial charge in [-0.2, -0.15) is 5.10 Å². The number of methoxy groups -OCH3 is 1. The van der Waals surface area contributed by atoms with Crippen LogP contribution in [-0.2, 0) is 20.0 Å². The number of hydrogen-bond acceptors (Lipinski definition) is 3. The number of rotatable bonds is 4. The molecule has 0 saturated carbocycles. The van der Waals surface area contributed by atoms with E-state index in [1.165, 1.54) is 5.56 Å². The zero-order chi connectivity index (χ0) is 14.1. The van der Waals surface area contributed by atoms with Crippen molar-refractivity contribution in [3.05, 3.63) is 40.9 Å². The summed E-state index contributed by atoms with van der Waals surface area (Å²) in [6.45, 7) is 0.817. The van der Waals surface area contributed by atoms with E-state index in [-0.39, 0.29) is 0 Å². The van der Waals surface area contributed by atoms with Crippen molar-refractivity contribution in [2.45, 2.75) is 13.0 Å². The summed E-state index contributed by atoms with van der Waals surface area (Å²) in [5.41, 5.74) is 3.30. The average molecular weight is 288 g/mol. The highest BCUT2D eigenvalue weighted by Gasteiger charge is 2.06. The highest BCUT2D eigenvalue weighted by Crippen LogP contribution is 2.21. The molecule has 0 aliphatic carbocycles. The number of aromatic nitrogens is 4. The number of nitrogens with one attached hydrogen (secondary N) is 1. The molecule has 3 aromatic rings. The normalized spacial score (nSPS) is 11.1. The molecule has 1 N–H and O–H groups in total. The van der Waals surface area contributed by atoms with Gasteiger partial charge in [0.1, 0.15) is 5.75 Å². The molecule has 2 heterocycles. The minimum absolute atomic E-state index is 0.733. The summed E-state index contributed by atoms with van der Waals surface area (Å²) in [7, 11) is 3.59. The fourth-order valence-electron chi connectivity index (χ4n) is 2.32. The molecule has 2 aromatic heterocycles. The maximum Gasteiger partial charge on any atom is 0.178 e. The van der Waals surface area contributed by atoms with Crippen LogP contribution in [0.3, 0.4) is 0 Å². The number of aryl methyl sites for hydroxylation is 3. The third-order valence-corrected chi connectivity index (χ3v) is 3.69. The molecule has 5 nitrogen and oxygen atoms in total. The molecule has 104 valence electrons. The summed E-state index contributed by atoms with van der Waals surface area (Å²) in [6, 6.07) is 5.93. The first-order valence-electron chi connectivity index (χ1n) is 6.41. The number of nitrogens with zero attached hydrogens (tertiary/aromatic N) is 3. The van der Waals surface area contributed by atoms with E-state index in [1.807, 2.05) is 42.3 Å². The molecule has 20 heavy (non-hydrogen) atoms. The first kappa shape index (κ1) is 12.9. The fourth-order valence-corrected chi connectivity index (χ4v) is 2.62. The van der Waals surface area contributed by atoms with Crippen molar-refractivity contribution in [1.29, 1.82) is 0 Å². The third kappa shape index (κ3) is 2.34. The number of aromatic amines is 1. The molecule has 1 aromatic carbocycles. The molecule has 0 fully saturated rings. The Kier molecular flexibility index (Phi) is 3.31. The average Bonchev–Trinajstić information content (AvgIpc) is 2.98. The Morgan fingerprint density at radius 3 is 2.95 bits per heavy atom.